The average molecular weight is 261 g/mol. The second kappa shape index (κ2) is 3.15. The predicted molar refractivity (Wildman–Crippen MR) is 67.6 cm³/mol. The molecule has 0 aromatic carbocycles. The molecule has 7 heteroatoms. The Hall–Kier alpha value is -1.92. The molecule has 4 aliphatic rings. The number of carbonyl (C=O) groups is 2. The van der Waals surface area contributed by atoms with Gasteiger partial charge in [-0.05, 0) is 32.6 Å². The zero-order valence-electron chi connectivity index (χ0n) is 10.7. The second-order valence-corrected chi connectivity index (χ2v) is 5.74. The van der Waals surface area contributed by atoms with Crippen LogP contribution in [0, 0.1) is 0 Å². The van der Waals surface area contributed by atoms with Crippen LogP contribution in [0.3, 0.4) is 0 Å². The van der Waals surface area contributed by atoms with E-state index in [1.807, 2.05) is 0 Å². The molecule has 19 heavy (non-hydrogen) atoms. The maximum absolute atomic E-state index is 12.6. The third-order valence-electron chi connectivity index (χ3n) is 4.13. The molecule has 1 atom stereocenters. The summed E-state index contributed by atoms with van der Waals surface area (Å²) in [6.45, 7) is 1.75. The Labute approximate surface area is 110 Å². The molecule has 3 amide bonds. The molecule has 3 fully saturated rings. The van der Waals surface area contributed by atoms with Gasteiger partial charge in [0.1, 0.15) is 0 Å². The SMILES string of the molecule is CC12N=C(N)N=C1C(=O)N(C1CC1)C(=O)N2C1CC1. The first-order valence-electron chi connectivity index (χ1n) is 6.64. The lowest BCUT2D eigenvalue weighted by molar-refractivity contribution is -0.124. The van der Waals surface area contributed by atoms with Crippen molar-refractivity contribution in [2.75, 3.05) is 0 Å². The van der Waals surface area contributed by atoms with E-state index in [1.54, 1.807) is 11.8 Å². The minimum Gasteiger partial charge on any atom is -0.368 e. The molecular formula is C12H15N5O2. The molecule has 100 valence electrons. The largest absolute Gasteiger partial charge is 0.368 e. The summed E-state index contributed by atoms with van der Waals surface area (Å²) < 4.78 is 0. The molecule has 2 heterocycles. The number of urea groups is 1. The molecule has 1 saturated heterocycles. The number of hydrogen-bond acceptors (Lipinski definition) is 5. The first-order valence-corrected chi connectivity index (χ1v) is 6.64. The molecular weight excluding hydrogens is 246 g/mol. The van der Waals surface area contributed by atoms with Crippen LogP contribution < -0.4 is 5.73 Å². The van der Waals surface area contributed by atoms with Gasteiger partial charge in [0.15, 0.2) is 11.4 Å². The maximum Gasteiger partial charge on any atom is 0.329 e. The summed E-state index contributed by atoms with van der Waals surface area (Å²) in [5, 5.41) is 0. The zero-order valence-corrected chi connectivity index (χ0v) is 10.7. The quantitative estimate of drug-likeness (QED) is 0.762. The Kier molecular flexibility index (Phi) is 1.81. The first kappa shape index (κ1) is 11.0. The molecule has 2 saturated carbocycles. The highest BCUT2D eigenvalue weighted by molar-refractivity contribution is 6.48. The molecule has 0 aromatic heterocycles. The van der Waals surface area contributed by atoms with Gasteiger partial charge in [0.25, 0.3) is 5.91 Å². The van der Waals surface area contributed by atoms with Crippen molar-refractivity contribution in [2.24, 2.45) is 15.7 Å². The van der Waals surface area contributed by atoms with Gasteiger partial charge in [-0.25, -0.2) is 14.8 Å². The van der Waals surface area contributed by atoms with Crippen molar-refractivity contribution in [3.63, 3.8) is 0 Å². The highest BCUT2D eigenvalue weighted by Gasteiger charge is 2.60. The van der Waals surface area contributed by atoms with E-state index in [0.717, 1.165) is 25.7 Å². The van der Waals surface area contributed by atoms with Gasteiger partial charge in [-0.2, -0.15) is 0 Å². The summed E-state index contributed by atoms with van der Waals surface area (Å²) in [5.41, 5.74) is 4.96. The number of amides is 3. The molecule has 4 rings (SSSR count). The minimum atomic E-state index is -0.995. The zero-order chi connectivity index (χ0) is 13.4. The molecule has 0 spiro atoms. The van der Waals surface area contributed by atoms with E-state index in [-0.39, 0.29) is 30.0 Å². The van der Waals surface area contributed by atoms with Crippen LogP contribution in [-0.4, -0.2) is 51.2 Å². The molecule has 0 radical (unpaired) electrons. The number of nitrogens with zero attached hydrogens (tertiary/aromatic N) is 4. The Bertz CT molecular complexity index is 560. The van der Waals surface area contributed by atoms with Crippen LogP contribution >= 0.6 is 0 Å². The third kappa shape index (κ3) is 1.32. The lowest BCUT2D eigenvalue weighted by Crippen LogP contribution is -2.68. The Morgan fingerprint density at radius 3 is 2.42 bits per heavy atom. The van der Waals surface area contributed by atoms with Crippen molar-refractivity contribution < 1.29 is 9.59 Å². The smallest absolute Gasteiger partial charge is 0.329 e. The minimum absolute atomic E-state index is 0.0373. The van der Waals surface area contributed by atoms with Crippen molar-refractivity contribution in [3.8, 4) is 0 Å². The van der Waals surface area contributed by atoms with Crippen molar-refractivity contribution in [1.82, 2.24) is 9.80 Å². The third-order valence-corrected chi connectivity index (χ3v) is 4.13. The molecule has 0 bridgehead atoms. The van der Waals surface area contributed by atoms with Gasteiger partial charge in [0.2, 0.25) is 5.96 Å². The number of carbonyl (C=O) groups excluding carboxylic acids is 2. The molecule has 7 nitrogen and oxygen atoms in total. The number of aliphatic imine (C=N–C) groups is 2. The standard InChI is InChI=1S/C12H15N5O2/c1-12-8(14-10(13)15-12)9(18)16(6-2-3-6)11(19)17(12)7-4-5-7/h6-7H,2-5H2,1H3,(H2,13,15). The normalized spacial score (nSPS) is 34.4. The van der Waals surface area contributed by atoms with Crippen LogP contribution in [0.4, 0.5) is 4.79 Å². The number of nitrogens with two attached hydrogens (primary N) is 1. The predicted octanol–water partition coefficient (Wildman–Crippen LogP) is 0.0609. The summed E-state index contributed by atoms with van der Waals surface area (Å²) in [4.78, 5) is 36.5. The lowest BCUT2D eigenvalue weighted by atomic mass is 10.0. The van der Waals surface area contributed by atoms with Crippen molar-refractivity contribution in [3.05, 3.63) is 0 Å². The van der Waals surface area contributed by atoms with E-state index in [2.05, 4.69) is 9.98 Å². The van der Waals surface area contributed by atoms with Crippen LogP contribution in [-0.2, 0) is 4.79 Å². The van der Waals surface area contributed by atoms with Crippen LogP contribution in [0.1, 0.15) is 32.6 Å². The highest BCUT2D eigenvalue weighted by Crippen LogP contribution is 2.42. The highest BCUT2D eigenvalue weighted by atomic mass is 16.2. The van der Waals surface area contributed by atoms with Crippen molar-refractivity contribution in [2.45, 2.75) is 50.4 Å². The van der Waals surface area contributed by atoms with Crippen LogP contribution in [0.25, 0.3) is 0 Å². The van der Waals surface area contributed by atoms with E-state index in [1.165, 1.54) is 4.90 Å². The number of imide groups is 1. The number of guanidine groups is 1. The topological polar surface area (TPSA) is 91.4 Å². The van der Waals surface area contributed by atoms with Gasteiger partial charge >= 0.3 is 6.03 Å². The van der Waals surface area contributed by atoms with E-state index < -0.39 is 5.66 Å². The van der Waals surface area contributed by atoms with Gasteiger partial charge in [-0.15, -0.1) is 0 Å². The summed E-state index contributed by atoms with van der Waals surface area (Å²) in [6.07, 6.45) is 3.68. The Morgan fingerprint density at radius 1 is 1.21 bits per heavy atom. The van der Waals surface area contributed by atoms with E-state index in [9.17, 15) is 9.59 Å². The monoisotopic (exact) mass is 261 g/mol. The van der Waals surface area contributed by atoms with E-state index in [4.69, 9.17) is 5.73 Å². The van der Waals surface area contributed by atoms with Gasteiger partial charge in [-0.3, -0.25) is 14.6 Å². The van der Waals surface area contributed by atoms with Crippen molar-refractivity contribution in [1.29, 1.82) is 0 Å². The van der Waals surface area contributed by atoms with Gasteiger partial charge < -0.3 is 5.73 Å². The maximum atomic E-state index is 12.6. The summed E-state index contributed by atoms with van der Waals surface area (Å²) in [6, 6.07) is -0.0306. The fourth-order valence-corrected chi connectivity index (χ4v) is 2.94. The second-order valence-electron chi connectivity index (χ2n) is 5.74. The average Bonchev–Trinajstić information content (AvgIpc) is 3.18. The fourth-order valence-electron chi connectivity index (χ4n) is 2.94. The molecule has 2 aliphatic heterocycles. The molecule has 1 unspecified atom stereocenters. The Morgan fingerprint density at radius 2 is 1.84 bits per heavy atom. The molecule has 2 N–H and O–H groups in total. The van der Waals surface area contributed by atoms with E-state index >= 15 is 0 Å². The van der Waals surface area contributed by atoms with Gasteiger partial charge in [0.05, 0.1) is 0 Å². The number of fused-ring (bicyclic) bond motifs is 1. The number of rotatable bonds is 2. The lowest BCUT2D eigenvalue weighted by Gasteiger charge is -2.44. The molecule has 0 aromatic rings. The summed E-state index contributed by atoms with van der Waals surface area (Å²) in [5.74, 6) is -0.238. The summed E-state index contributed by atoms with van der Waals surface area (Å²) in [7, 11) is 0. The van der Waals surface area contributed by atoms with Gasteiger partial charge in [0, 0.05) is 12.1 Å². The van der Waals surface area contributed by atoms with Crippen LogP contribution in [0.15, 0.2) is 9.98 Å². The van der Waals surface area contributed by atoms with E-state index in [0.29, 0.717) is 5.71 Å². The molecule has 2 aliphatic carbocycles. The van der Waals surface area contributed by atoms with Crippen LogP contribution in [0.5, 0.6) is 0 Å². The number of hydrogen-bond donors (Lipinski definition) is 1. The first-order chi connectivity index (χ1) is 9.02. The van der Waals surface area contributed by atoms with Crippen LogP contribution in [0.2, 0.25) is 0 Å². The Balaban J connectivity index is 1.83. The van der Waals surface area contributed by atoms with Crippen molar-refractivity contribution >= 4 is 23.6 Å². The fraction of sp³-hybridized carbons (Fsp3) is 0.667. The van der Waals surface area contributed by atoms with Gasteiger partial charge in [-0.1, -0.05) is 0 Å². The summed E-state index contributed by atoms with van der Waals surface area (Å²) >= 11 is 0.